The monoisotopic (exact) mass is 315 g/mol. The zero-order valence-corrected chi connectivity index (χ0v) is 13.4. The molecule has 1 aromatic heterocycles. The van der Waals surface area contributed by atoms with Crippen molar-refractivity contribution in [3.05, 3.63) is 65.4 Å². The zero-order valence-electron chi connectivity index (χ0n) is 13.4. The molecule has 4 heteroatoms. The number of nitriles is 1. The van der Waals surface area contributed by atoms with Gasteiger partial charge in [-0.05, 0) is 36.1 Å². The summed E-state index contributed by atoms with van der Waals surface area (Å²) in [5.74, 6) is 0.942. The van der Waals surface area contributed by atoms with Crippen molar-refractivity contribution in [1.82, 2.24) is 4.98 Å². The molecule has 1 N–H and O–H groups in total. The second-order valence-corrected chi connectivity index (χ2v) is 5.94. The molecule has 1 unspecified atom stereocenters. The lowest BCUT2D eigenvalue weighted by molar-refractivity contribution is 0.410. The fourth-order valence-corrected chi connectivity index (χ4v) is 3.52. The van der Waals surface area contributed by atoms with E-state index in [9.17, 15) is 5.26 Å². The number of fused-ring (bicyclic) bond motifs is 2. The number of nitrogens with one attached hydrogen (secondary N) is 1. The van der Waals surface area contributed by atoms with Gasteiger partial charge in [-0.15, -0.1) is 0 Å². The van der Waals surface area contributed by atoms with E-state index >= 15 is 0 Å². The van der Waals surface area contributed by atoms with Gasteiger partial charge in [-0.25, -0.2) is 0 Å². The van der Waals surface area contributed by atoms with Crippen LogP contribution in [0, 0.1) is 11.3 Å². The van der Waals surface area contributed by atoms with E-state index in [1.165, 1.54) is 11.1 Å². The van der Waals surface area contributed by atoms with Gasteiger partial charge in [0.1, 0.15) is 11.8 Å². The first-order chi connectivity index (χ1) is 11.8. The van der Waals surface area contributed by atoms with E-state index < -0.39 is 0 Å². The van der Waals surface area contributed by atoms with Crippen LogP contribution in [0.25, 0.3) is 10.9 Å². The summed E-state index contributed by atoms with van der Waals surface area (Å²) in [5.41, 5.74) is 4.84. The van der Waals surface area contributed by atoms with Crippen LogP contribution in [-0.2, 0) is 6.42 Å². The van der Waals surface area contributed by atoms with Crippen molar-refractivity contribution >= 4 is 16.6 Å². The minimum Gasteiger partial charge on any atom is -0.496 e. The largest absolute Gasteiger partial charge is 0.496 e. The van der Waals surface area contributed by atoms with E-state index in [1.807, 2.05) is 36.4 Å². The van der Waals surface area contributed by atoms with E-state index in [4.69, 9.17) is 4.74 Å². The molecule has 0 spiro atoms. The van der Waals surface area contributed by atoms with Gasteiger partial charge in [-0.3, -0.25) is 4.98 Å². The molecule has 0 bridgehead atoms. The van der Waals surface area contributed by atoms with Crippen LogP contribution in [0.4, 0.5) is 5.69 Å². The number of nitrogens with zero attached hydrogens (tertiary/aromatic N) is 2. The lowest BCUT2D eigenvalue weighted by Gasteiger charge is -2.18. The Kier molecular flexibility index (Phi) is 3.55. The second-order valence-electron chi connectivity index (χ2n) is 5.94. The first kappa shape index (κ1) is 14.5. The Hall–Kier alpha value is -3.06. The number of ether oxygens (including phenoxy) is 1. The van der Waals surface area contributed by atoms with Crippen molar-refractivity contribution in [3.63, 3.8) is 0 Å². The topological polar surface area (TPSA) is 57.9 Å². The summed E-state index contributed by atoms with van der Waals surface area (Å²) in [6, 6.07) is 16.5. The molecule has 0 aliphatic heterocycles. The van der Waals surface area contributed by atoms with Gasteiger partial charge in [-0.2, -0.15) is 5.26 Å². The lowest BCUT2D eigenvalue weighted by atomic mass is 10.0. The van der Waals surface area contributed by atoms with Gasteiger partial charge in [0, 0.05) is 11.6 Å². The normalized spacial score (nSPS) is 15.8. The average Bonchev–Trinajstić information content (AvgIpc) is 3.05. The van der Waals surface area contributed by atoms with Crippen molar-refractivity contribution < 1.29 is 4.74 Å². The van der Waals surface area contributed by atoms with E-state index in [2.05, 4.69) is 22.4 Å². The fraction of sp³-hybridized carbons (Fsp3) is 0.200. The predicted molar refractivity (Wildman–Crippen MR) is 94.1 cm³/mol. The number of methoxy groups -OCH3 is 1. The molecule has 0 radical (unpaired) electrons. The summed E-state index contributed by atoms with van der Waals surface area (Å²) in [5, 5.41) is 14.1. The third kappa shape index (κ3) is 2.26. The molecule has 0 amide bonds. The molecule has 0 saturated carbocycles. The smallest absolute Gasteiger partial charge is 0.122 e. The van der Waals surface area contributed by atoms with E-state index in [0.717, 1.165) is 35.2 Å². The average molecular weight is 315 g/mol. The number of anilines is 1. The van der Waals surface area contributed by atoms with Crippen LogP contribution in [0.1, 0.15) is 29.2 Å². The molecule has 0 fully saturated rings. The molecule has 24 heavy (non-hydrogen) atoms. The minimum absolute atomic E-state index is 0.174. The van der Waals surface area contributed by atoms with E-state index in [0.29, 0.717) is 5.56 Å². The van der Waals surface area contributed by atoms with E-state index in [1.54, 1.807) is 13.3 Å². The van der Waals surface area contributed by atoms with Gasteiger partial charge >= 0.3 is 0 Å². The van der Waals surface area contributed by atoms with Crippen molar-refractivity contribution in [3.8, 4) is 11.8 Å². The molecule has 118 valence electrons. The molecular weight excluding hydrogens is 298 g/mol. The number of hydrogen-bond acceptors (Lipinski definition) is 4. The van der Waals surface area contributed by atoms with Gasteiger partial charge in [0.25, 0.3) is 0 Å². The molecule has 1 aliphatic carbocycles. The highest BCUT2D eigenvalue weighted by atomic mass is 16.5. The number of aromatic nitrogens is 1. The quantitative estimate of drug-likeness (QED) is 0.786. The molecule has 4 nitrogen and oxygen atoms in total. The maximum Gasteiger partial charge on any atom is 0.122 e. The Labute approximate surface area is 140 Å². The molecule has 1 heterocycles. The van der Waals surface area contributed by atoms with Crippen molar-refractivity contribution in [2.24, 2.45) is 0 Å². The summed E-state index contributed by atoms with van der Waals surface area (Å²) < 4.78 is 5.48. The highest BCUT2D eigenvalue weighted by molar-refractivity contribution is 5.94. The Bertz CT molecular complexity index is 959. The summed E-state index contributed by atoms with van der Waals surface area (Å²) in [4.78, 5) is 4.38. The number of pyridine rings is 1. The number of rotatable bonds is 3. The molecule has 1 atom stereocenters. The summed E-state index contributed by atoms with van der Waals surface area (Å²) in [6.07, 6.45) is 3.60. The number of para-hydroxylation sites is 1. The number of hydrogen-bond donors (Lipinski definition) is 1. The third-order valence-corrected chi connectivity index (χ3v) is 4.66. The highest BCUT2D eigenvalue weighted by Crippen LogP contribution is 2.40. The zero-order chi connectivity index (χ0) is 16.5. The first-order valence-corrected chi connectivity index (χ1v) is 8.02. The Morgan fingerprint density at radius 3 is 2.92 bits per heavy atom. The molecule has 0 saturated heterocycles. The van der Waals surface area contributed by atoms with Gasteiger partial charge in [0.2, 0.25) is 0 Å². The van der Waals surface area contributed by atoms with Gasteiger partial charge < -0.3 is 10.1 Å². The Morgan fingerprint density at radius 1 is 1.21 bits per heavy atom. The van der Waals surface area contributed by atoms with Crippen LogP contribution in [0.5, 0.6) is 5.75 Å². The maximum atomic E-state index is 9.48. The first-order valence-electron chi connectivity index (χ1n) is 8.02. The molecule has 3 aromatic rings. The lowest BCUT2D eigenvalue weighted by Crippen LogP contribution is -2.09. The van der Waals surface area contributed by atoms with Crippen LogP contribution in [0.3, 0.4) is 0 Å². The van der Waals surface area contributed by atoms with Crippen LogP contribution in [-0.4, -0.2) is 12.1 Å². The summed E-state index contributed by atoms with van der Waals surface area (Å²) in [7, 11) is 1.71. The maximum absolute atomic E-state index is 9.48. The van der Waals surface area contributed by atoms with Crippen molar-refractivity contribution in [2.45, 2.75) is 18.9 Å². The van der Waals surface area contributed by atoms with Crippen LogP contribution in [0.15, 0.2) is 48.7 Å². The summed E-state index contributed by atoms with van der Waals surface area (Å²) >= 11 is 0. The molecular formula is C20H17N3O. The Balaban J connectivity index is 1.79. The standard InChI is InChI=1S/C20H17N3O/c1-24-19-8-4-6-14-15(19)9-10-18(14)23-20-13(11-21)12-22-17-7-3-2-5-16(17)20/h2-8,12,18H,9-10H2,1H3,(H,22,23). The molecule has 4 rings (SSSR count). The van der Waals surface area contributed by atoms with Crippen LogP contribution >= 0.6 is 0 Å². The molecule has 1 aliphatic rings. The summed E-state index contributed by atoms with van der Waals surface area (Å²) in [6.45, 7) is 0. The van der Waals surface area contributed by atoms with Crippen molar-refractivity contribution in [2.75, 3.05) is 12.4 Å². The SMILES string of the molecule is COc1cccc2c1CCC2Nc1c(C#N)cnc2ccccc12. The highest BCUT2D eigenvalue weighted by Gasteiger charge is 2.26. The number of benzene rings is 2. The molecule has 2 aromatic carbocycles. The van der Waals surface area contributed by atoms with Gasteiger partial charge in [0.05, 0.1) is 29.9 Å². The Morgan fingerprint density at radius 2 is 2.08 bits per heavy atom. The fourth-order valence-electron chi connectivity index (χ4n) is 3.52. The second kappa shape index (κ2) is 5.86. The minimum atomic E-state index is 0.174. The van der Waals surface area contributed by atoms with Crippen molar-refractivity contribution in [1.29, 1.82) is 5.26 Å². The van der Waals surface area contributed by atoms with E-state index in [-0.39, 0.29) is 6.04 Å². The van der Waals surface area contributed by atoms with Crippen LogP contribution < -0.4 is 10.1 Å². The third-order valence-electron chi connectivity index (χ3n) is 4.66. The van der Waals surface area contributed by atoms with Crippen LogP contribution in [0.2, 0.25) is 0 Å². The predicted octanol–water partition coefficient (Wildman–Crippen LogP) is 4.21. The van der Waals surface area contributed by atoms with Gasteiger partial charge in [-0.1, -0.05) is 30.3 Å². The van der Waals surface area contributed by atoms with Gasteiger partial charge in [0.15, 0.2) is 0 Å².